The molecule has 4 nitrogen and oxygen atoms in total. The number of nitrogens with two attached hydrogens (primary N) is 1. The van der Waals surface area contributed by atoms with Crippen molar-refractivity contribution < 1.29 is 9.47 Å². The van der Waals surface area contributed by atoms with Crippen LogP contribution in [-0.2, 0) is 0 Å². The number of methoxy groups -OCH3 is 2. The topological polar surface area (TPSA) is 47.7 Å². The van der Waals surface area contributed by atoms with Gasteiger partial charge in [-0.1, -0.05) is 19.9 Å². The summed E-state index contributed by atoms with van der Waals surface area (Å²) in [5.74, 6) is 2.18. The van der Waals surface area contributed by atoms with E-state index in [9.17, 15) is 0 Å². The number of hydrogen-bond acceptors (Lipinski definition) is 4. The number of piperidine rings is 1. The van der Waals surface area contributed by atoms with Gasteiger partial charge in [-0.15, -0.1) is 0 Å². The largest absolute Gasteiger partial charge is 0.493 e. The molecule has 2 unspecified atom stereocenters. The van der Waals surface area contributed by atoms with E-state index in [2.05, 4.69) is 30.9 Å². The van der Waals surface area contributed by atoms with Gasteiger partial charge in [0.2, 0.25) is 0 Å². The summed E-state index contributed by atoms with van der Waals surface area (Å²) in [7, 11) is 3.34. The van der Waals surface area contributed by atoms with Crippen molar-refractivity contribution in [3.8, 4) is 11.5 Å². The van der Waals surface area contributed by atoms with Crippen LogP contribution in [0.3, 0.4) is 0 Å². The molecule has 4 heteroatoms. The van der Waals surface area contributed by atoms with E-state index in [4.69, 9.17) is 15.2 Å². The lowest BCUT2D eigenvalue weighted by Gasteiger charge is -2.41. The van der Waals surface area contributed by atoms with Gasteiger partial charge in [-0.05, 0) is 43.0 Å². The summed E-state index contributed by atoms with van der Waals surface area (Å²) in [6.07, 6.45) is 2.26. The molecule has 0 spiro atoms. The maximum Gasteiger partial charge on any atom is 0.161 e. The third-order valence-corrected chi connectivity index (χ3v) is 4.13. The normalized spacial score (nSPS) is 23.3. The molecule has 0 bridgehead atoms. The third kappa shape index (κ3) is 3.69. The first kappa shape index (κ1) is 16.1. The quantitative estimate of drug-likeness (QED) is 0.906. The molecule has 21 heavy (non-hydrogen) atoms. The van der Waals surface area contributed by atoms with Crippen molar-refractivity contribution in [3.63, 3.8) is 0 Å². The Morgan fingerprint density at radius 1 is 1.24 bits per heavy atom. The molecule has 0 amide bonds. The zero-order valence-corrected chi connectivity index (χ0v) is 13.6. The number of nitrogens with zero attached hydrogens (tertiary/aromatic N) is 1. The van der Waals surface area contributed by atoms with E-state index in [1.165, 1.54) is 12.0 Å². The predicted octanol–water partition coefficient (Wildman–Crippen LogP) is 2.82. The smallest absolute Gasteiger partial charge is 0.161 e. The molecule has 1 heterocycles. The Morgan fingerprint density at radius 2 is 1.95 bits per heavy atom. The molecule has 2 atom stereocenters. The molecule has 1 aromatic carbocycles. The van der Waals surface area contributed by atoms with Crippen LogP contribution in [0.25, 0.3) is 0 Å². The Kier molecular flexibility index (Phi) is 5.48. The number of likely N-dealkylation sites (tertiary alicyclic amines) is 1. The van der Waals surface area contributed by atoms with Crippen LogP contribution < -0.4 is 15.2 Å². The zero-order valence-electron chi connectivity index (χ0n) is 13.6. The zero-order chi connectivity index (χ0) is 15.4. The summed E-state index contributed by atoms with van der Waals surface area (Å²) >= 11 is 0. The summed E-state index contributed by atoms with van der Waals surface area (Å²) < 4.78 is 10.8. The molecule has 2 rings (SSSR count). The summed E-state index contributed by atoms with van der Waals surface area (Å²) in [5, 5.41) is 0. The van der Waals surface area contributed by atoms with Gasteiger partial charge in [0.1, 0.15) is 0 Å². The first-order valence-corrected chi connectivity index (χ1v) is 7.78. The minimum Gasteiger partial charge on any atom is -0.493 e. The average molecular weight is 292 g/mol. The standard InChI is InChI=1S/C17H28N2O2/c1-12(2)11-19-9-5-6-14(18)17(19)13-7-8-15(20-3)16(10-13)21-4/h7-8,10,12,14,17H,5-6,9,11,18H2,1-4H3. The second-order valence-corrected chi connectivity index (χ2v) is 6.25. The van der Waals surface area contributed by atoms with Crippen LogP contribution >= 0.6 is 0 Å². The van der Waals surface area contributed by atoms with Crippen LogP contribution in [-0.4, -0.2) is 38.3 Å². The number of rotatable bonds is 5. The molecule has 118 valence electrons. The predicted molar refractivity (Wildman–Crippen MR) is 85.9 cm³/mol. The number of benzene rings is 1. The van der Waals surface area contributed by atoms with Crippen LogP contribution in [0.15, 0.2) is 18.2 Å². The molecule has 1 saturated heterocycles. The highest BCUT2D eigenvalue weighted by molar-refractivity contribution is 5.44. The minimum atomic E-state index is 0.176. The van der Waals surface area contributed by atoms with Gasteiger partial charge in [-0.25, -0.2) is 0 Å². The minimum absolute atomic E-state index is 0.176. The van der Waals surface area contributed by atoms with E-state index < -0.39 is 0 Å². The maximum atomic E-state index is 6.43. The van der Waals surface area contributed by atoms with Crippen molar-refractivity contribution in [1.29, 1.82) is 0 Å². The van der Waals surface area contributed by atoms with Crippen LogP contribution in [0.5, 0.6) is 11.5 Å². The Balaban J connectivity index is 2.30. The highest BCUT2D eigenvalue weighted by atomic mass is 16.5. The van der Waals surface area contributed by atoms with Gasteiger partial charge >= 0.3 is 0 Å². The summed E-state index contributed by atoms with van der Waals surface area (Å²) in [5.41, 5.74) is 7.65. The van der Waals surface area contributed by atoms with Crippen LogP contribution in [0.2, 0.25) is 0 Å². The first-order valence-electron chi connectivity index (χ1n) is 7.78. The lowest BCUT2D eigenvalue weighted by Crippen LogP contribution is -2.47. The van der Waals surface area contributed by atoms with Gasteiger partial charge in [0.15, 0.2) is 11.5 Å². The van der Waals surface area contributed by atoms with Gasteiger partial charge in [-0.2, -0.15) is 0 Å². The van der Waals surface area contributed by atoms with E-state index in [0.29, 0.717) is 5.92 Å². The summed E-state index contributed by atoms with van der Waals surface area (Å²) in [4.78, 5) is 2.51. The Morgan fingerprint density at radius 3 is 2.57 bits per heavy atom. The maximum absolute atomic E-state index is 6.43. The van der Waals surface area contributed by atoms with Crippen molar-refractivity contribution >= 4 is 0 Å². The second kappa shape index (κ2) is 7.14. The SMILES string of the molecule is COc1ccc(C2C(N)CCCN2CC(C)C)cc1OC. The Labute approximate surface area is 128 Å². The highest BCUT2D eigenvalue weighted by Crippen LogP contribution is 2.36. The molecule has 1 aliphatic rings. The lowest BCUT2D eigenvalue weighted by molar-refractivity contribution is 0.114. The highest BCUT2D eigenvalue weighted by Gasteiger charge is 2.31. The van der Waals surface area contributed by atoms with Crippen molar-refractivity contribution in [3.05, 3.63) is 23.8 Å². The van der Waals surface area contributed by atoms with Crippen molar-refractivity contribution in [2.75, 3.05) is 27.3 Å². The molecule has 0 saturated carbocycles. The van der Waals surface area contributed by atoms with E-state index >= 15 is 0 Å². The Bertz CT molecular complexity index is 462. The second-order valence-electron chi connectivity index (χ2n) is 6.25. The molecule has 0 aliphatic carbocycles. The molecule has 0 aromatic heterocycles. The molecule has 0 radical (unpaired) electrons. The van der Waals surface area contributed by atoms with Crippen LogP contribution in [0.4, 0.5) is 0 Å². The molecular weight excluding hydrogens is 264 g/mol. The molecular formula is C17H28N2O2. The lowest BCUT2D eigenvalue weighted by atomic mass is 9.90. The summed E-state index contributed by atoms with van der Waals surface area (Å²) in [6, 6.07) is 6.60. The van der Waals surface area contributed by atoms with Gasteiger partial charge in [0.25, 0.3) is 0 Å². The van der Waals surface area contributed by atoms with Gasteiger partial charge in [0.05, 0.1) is 20.3 Å². The van der Waals surface area contributed by atoms with Crippen molar-refractivity contribution in [1.82, 2.24) is 4.90 Å². The number of ether oxygens (including phenoxy) is 2. The Hall–Kier alpha value is -1.26. The summed E-state index contributed by atoms with van der Waals surface area (Å²) in [6.45, 7) is 6.70. The molecule has 1 aromatic rings. The van der Waals surface area contributed by atoms with E-state index in [0.717, 1.165) is 31.0 Å². The fraction of sp³-hybridized carbons (Fsp3) is 0.647. The van der Waals surface area contributed by atoms with Crippen molar-refractivity contribution in [2.45, 2.75) is 38.8 Å². The van der Waals surface area contributed by atoms with E-state index in [1.54, 1.807) is 14.2 Å². The van der Waals surface area contributed by atoms with Crippen LogP contribution in [0.1, 0.15) is 38.3 Å². The van der Waals surface area contributed by atoms with E-state index in [1.807, 2.05) is 6.07 Å². The monoisotopic (exact) mass is 292 g/mol. The van der Waals surface area contributed by atoms with Crippen molar-refractivity contribution in [2.24, 2.45) is 11.7 Å². The van der Waals surface area contributed by atoms with Gasteiger partial charge in [0, 0.05) is 12.6 Å². The van der Waals surface area contributed by atoms with Crippen LogP contribution in [0, 0.1) is 5.92 Å². The number of hydrogen-bond donors (Lipinski definition) is 1. The van der Waals surface area contributed by atoms with Gasteiger partial charge in [-0.3, -0.25) is 4.90 Å². The molecule has 2 N–H and O–H groups in total. The van der Waals surface area contributed by atoms with Gasteiger partial charge < -0.3 is 15.2 Å². The fourth-order valence-electron chi connectivity index (χ4n) is 3.27. The fourth-order valence-corrected chi connectivity index (χ4v) is 3.27. The van der Waals surface area contributed by atoms with E-state index in [-0.39, 0.29) is 12.1 Å². The molecule has 1 fully saturated rings. The first-order chi connectivity index (χ1) is 10.1. The third-order valence-electron chi connectivity index (χ3n) is 4.13. The average Bonchev–Trinajstić information content (AvgIpc) is 2.46. The molecule has 1 aliphatic heterocycles.